The molecular formula is C74H144O17P2. The Morgan fingerprint density at radius 3 is 0.731 bits per heavy atom. The maximum absolute atomic E-state index is 13.1. The second-order valence-electron chi connectivity index (χ2n) is 27.2. The minimum Gasteiger partial charge on any atom is -0.462 e. The molecule has 0 saturated heterocycles. The van der Waals surface area contributed by atoms with E-state index in [1.54, 1.807) is 0 Å². The van der Waals surface area contributed by atoms with Crippen molar-refractivity contribution in [3.8, 4) is 0 Å². The number of aliphatic hydroxyl groups excluding tert-OH is 1. The van der Waals surface area contributed by atoms with Crippen molar-refractivity contribution in [2.45, 2.75) is 406 Å². The molecule has 0 aliphatic heterocycles. The lowest BCUT2D eigenvalue weighted by Gasteiger charge is -2.21. The first-order chi connectivity index (χ1) is 45.0. The van der Waals surface area contributed by atoms with E-state index in [0.29, 0.717) is 25.7 Å². The summed E-state index contributed by atoms with van der Waals surface area (Å²) in [4.78, 5) is 72.4. The maximum Gasteiger partial charge on any atom is 0.472 e. The maximum atomic E-state index is 13.1. The predicted octanol–water partition coefficient (Wildman–Crippen LogP) is 21.7. The molecule has 2 unspecified atom stereocenters. The summed E-state index contributed by atoms with van der Waals surface area (Å²) in [5.41, 5.74) is 0. The standard InChI is InChI=1S/C74H144O17P2/c1-6-9-12-15-18-20-21-22-23-26-30-33-36-39-44-48-53-58-72(77)85-64-70(91-74(79)60-55-50-45-40-37-34-31-28-25-24-27-29-32-35-38-42-46-51-56-67(4)5)66-89-93(82,83)87-62-68(75)61-86-92(80,81)88-65-69(63-84-71(76)57-52-47-41-17-14-11-8-3)90-73(78)59-54-49-43-19-16-13-10-7-2/h67-70,75H,6-66H2,1-5H3,(H,80,81)(H,82,83)/t68-,69+,70+/m0/s1. The molecule has 3 N–H and O–H groups in total. The van der Waals surface area contributed by atoms with E-state index in [1.807, 2.05) is 0 Å². The first kappa shape index (κ1) is 91.1. The van der Waals surface area contributed by atoms with Crippen LogP contribution in [0, 0.1) is 5.92 Å². The van der Waals surface area contributed by atoms with Gasteiger partial charge in [-0.05, 0) is 31.6 Å². The van der Waals surface area contributed by atoms with Gasteiger partial charge in [0.2, 0.25) is 0 Å². The van der Waals surface area contributed by atoms with Gasteiger partial charge in [0.15, 0.2) is 12.2 Å². The van der Waals surface area contributed by atoms with Gasteiger partial charge in [-0.3, -0.25) is 37.3 Å². The van der Waals surface area contributed by atoms with E-state index in [2.05, 4.69) is 34.6 Å². The van der Waals surface area contributed by atoms with Crippen LogP contribution in [0.1, 0.15) is 388 Å². The number of rotatable bonds is 74. The number of hydrogen-bond donors (Lipinski definition) is 3. The molecule has 0 aromatic rings. The number of aliphatic hydroxyl groups is 1. The molecule has 0 aliphatic carbocycles. The van der Waals surface area contributed by atoms with Crippen molar-refractivity contribution in [3.05, 3.63) is 0 Å². The van der Waals surface area contributed by atoms with Crippen molar-refractivity contribution in [1.29, 1.82) is 0 Å². The average molecular weight is 1370 g/mol. The first-order valence-corrected chi connectivity index (χ1v) is 41.6. The van der Waals surface area contributed by atoms with Crippen LogP contribution < -0.4 is 0 Å². The van der Waals surface area contributed by atoms with Crippen LogP contribution in [0.2, 0.25) is 0 Å². The zero-order chi connectivity index (χ0) is 68.4. The highest BCUT2D eigenvalue weighted by Gasteiger charge is 2.30. The zero-order valence-corrected chi connectivity index (χ0v) is 62.2. The van der Waals surface area contributed by atoms with Crippen LogP contribution in [0.25, 0.3) is 0 Å². The van der Waals surface area contributed by atoms with Gasteiger partial charge < -0.3 is 33.8 Å². The van der Waals surface area contributed by atoms with Crippen molar-refractivity contribution < 1.29 is 80.2 Å². The topological polar surface area (TPSA) is 237 Å². The summed E-state index contributed by atoms with van der Waals surface area (Å²) in [5.74, 6) is -1.30. The van der Waals surface area contributed by atoms with E-state index in [1.165, 1.54) is 193 Å². The molecule has 5 atom stereocenters. The number of esters is 4. The second-order valence-corrected chi connectivity index (χ2v) is 30.1. The number of ether oxygens (including phenoxy) is 4. The molecule has 0 amide bonds. The van der Waals surface area contributed by atoms with E-state index in [0.717, 1.165) is 115 Å². The lowest BCUT2D eigenvalue weighted by molar-refractivity contribution is -0.161. The van der Waals surface area contributed by atoms with E-state index in [4.69, 9.17) is 37.0 Å². The summed E-state index contributed by atoms with van der Waals surface area (Å²) in [5, 5.41) is 10.6. The Bertz CT molecular complexity index is 1790. The Labute approximate surface area is 568 Å². The monoisotopic (exact) mass is 1370 g/mol. The molecule has 0 bridgehead atoms. The van der Waals surface area contributed by atoms with Gasteiger partial charge >= 0.3 is 39.5 Å². The number of carbonyl (C=O) groups excluding carboxylic acids is 4. The fraction of sp³-hybridized carbons (Fsp3) is 0.946. The fourth-order valence-electron chi connectivity index (χ4n) is 11.4. The van der Waals surface area contributed by atoms with Crippen LogP contribution in [0.5, 0.6) is 0 Å². The van der Waals surface area contributed by atoms with Gasteiger partial charge in [0, 0.05) is 25.7 Å². The molecule has 0 aromatic heterocycles. The third-order valence-corrected chi connectivity index (χ3v) is 19.2. The van der Waals surface area contributed by atoms with Crippen molar-refractivity contribution in [2.24, 2.45) is 5.92 Å². The smallest absolute Gasteiger partial charge is 0.462 e. The molecule has 0 aromatic carbocycles. The van der Waals surface area contributed by atoms with Gasteiger partial charge in [-0.25, -0.2) is 9.13 Å². The highest BCUT2D eigenvalue weighted by atomic mass is 31.2. The van der Waals surface area contributed by atoms with Crippen LogP contribution in [0.15, 0.2) is 0 Å². The molecule has 0 rings (SSSR count). The number of phosphoric ester groups is 2. The summed E-state index contributed by atoms with van der Waals surface area (Å²) in [6.07, 6.45) is 55.9. The Morgan fingerprint density at radius 2 is 0.495 bits per heavy atom. The van der Waals surface area contributed by atoms with Crippen LogP contribution in [-0.4, -0.2) is 96.7 Å². The lowest BCUT2D eigenvalue weighted by atomic mass is 10.0. The SMILES string of the molecule is CCCCCCCCCCCCCCCCCCCC(=O)OC[C@H](COP(=O)(O)OC[C@@H](O)COP(=O)(O)OC[C@@H](COC(=O)CCCCCCCCC)OC(=O)CCCCCCCCCC)OC(=O)CCCCCCCCCCCCCCCCCCCCC(C)C. The summed E-state index contributed by atoms with van der Waals surface area (Å²) in [6.45, 7) is 7.24. The molecule has 0 saturated carbocycles. The van der Waals surface area contributed by atoms with Gasteiger partial charge in [-0.2, -0.15) is 0 Å². The van der Waals surface area contributed by atoms with E-state index >= 15 is 0 Å². The van der Waals surface area contributed by atoms with Crippen LogP contribution >= 0.6 is 15.6 Å². The van der Waals surface area contributed by atoms with Crippen LogP contribution in [-0.2, 0) is 65.4 Å². The molecule has 0 aliphatic rings. The molecule has 552 valence electrons. The zero-order valence-electron chi connectivity index (χ0n) is 60.4. The molecule has 0 fully saturated rings. The van der Waals surface area contributed by atoms with Gasteiger partial charge in [0.1, 0.15) is 19.3 Å². The van der Waals surface area contributed by atoms with Gasteiger partial charge in [0.05, 0.1) is 26.4 Å². The molecule has 93 heavy (non-hydrogen) atoms. The van der Waals surface area contributed by atoms with Crippen LogP contribution in [0.3, 0.4) is 0 Å². The molecule has 19 heteroatoms. The molecular weight excluding hydrogens is 1220 g/mol. The van der Waals surface area contributed by atoms with E-state index < -0.39 is 97.5 Å². The predicted molar refractivity (Wildman–Crippen MR) is 377 cm³/mol. The summed E-state index contributed by atoms with van der Waals surface area (Å²) in [6, 6.07) is 0. The average Bonchev–Trinajstić information content (AvgIpc) is 3.36. The van der Waals surface area contributed by atoms with Crippen molar-refractivity contribution >= 4 is 39.5 Å². The Balaban J connectivity index is 5.12. The Kier molecular flexibility index (Phi) is 65.9. The summed E-state index contributed by atoms with van der Waals surface area (Å²) < 4.78 is 68.2. The minimum absolute atomic E-state index is 0.105. The van der Waals surface area contributed by atoms with Crippen molar-refractivity contribution in [3.63, 3.8) is 0 Å². The number of phosphoric acid groups is 2. The number of unbranched alkanes of at least 4 members (excludes halogenated alkanes) is 46. The lowest BCUT2D eigenvalue weighted by Crippen LogP contribution is -2.30. The van der Waals surface area contributed by atoms with E-state index in [9.17, 15) is 43.2 Å². The Hall–Kier alpha value is -1.94. The van der Waals surface area contributed by atoms with E-state index in [-0.39, 0.29) is 25.7 Å². The highest BCUT2D eigenvalue weighted by molar-refractivity contribution is 7.47. The largest absolute Gasteiger partial charge is 0.472 e. The van der Waals surface area contributed by atoms with Crippen molar-refractivity contribution in [1.82, 2.24) is 0 Å². The first-order valence-electron chi connectivity index (χ1n) is 38.6. The minimum atomic E-state index is -4.95. The molecule has 0 heterocycles. The van der Waals surface area contributed by atoms with Gasteiger partial charge in [0.25, 0.3) is 0 Å². The van der Waals surface area contributed by atoms with Crippen LogP contribution in [0.4, 0.5) is 0 Å². The normalized spacial score (nSPS) is 14.0. The number of hydrogen-bond acceptors (Lipinski definition) is 15. The third kappa shape index (κ3) is 68.4. The molecule has 0 radical (unpaired) electrons. The van der Waals surface area contributed by atoms with Gasteiger partial charge in [-0.15, -0.1) is 0 Å². The summed E-state index contributed by atoms with van der Waals surface area (Å²) >= 11 is 0. The molecule has 0 spiro atoms. The molecule has 17 nitrogen and oxygen atoms in total. The fourth-order valence-corrected chi connectivity index (χ4v) is 12.9. The van der Waals surface area contributed by atoms with Gasteiger partial charge in [-0.1, -0.05) is 336 Å². The highest BCUT2D eigenvalue weighted by Crippen LogP contribution is 2.45. The number of carbonyl (C=O) groups is 4. The second kappa shape index (κ2) is 67.3. The third-order valence-electron chi connectivity index (χ3n) is 17.3. The van der Waals surface area contributed by atoms with Crippen molar-refractivity contribution in [2.75, 3.05) is 39.6 Å². The summed E-state index contributed by atoms with van der Waals surface area (Å²) in [7, 11) is -9.89. The quantitative estimate of drug-likeness (QED) is 0.0222. The Morgan fingerprint density at radius 1 is 0.290 bits per heavy atom.